The lowest BCUT2D eigenvalue weighted by Crippen LogP contribution is -1.98. The minimum Gasteiger partial charge on any atom is -0.320 e. The van der Waals surface area contributed by atoms with E-state index < -0.39 is 0 Å². The average molecular weight is 195 g/mol. The number of para-hydroxylation sites is 1. The van der Waals surface area contributed by atoms with Crippen molar-refractivity contribution >= 4 is 23.2 Å². The largest absolute Gasteiger partial charge is 0.320 e. The molecule has 2 aromatic rings. The molecule has 1 nitrogen and oxygen atoms in total. The SMILES string of the molecule is C=Cn1c2c(c3ccccc31)C=CCC2. The summed E-state index contributed by atoms with van der Waals surface area (Å²) in [5.74, 6) is 0. The van der Waals surface area contributed by atoms with Gasteiger partial charge < -0.3 is 4.57 Å². The smallest absolute Gasteiger partial charge is 0.0531 e. The van der Waals surface area contributed by atoms with E-state index >= 15 is 0 Å². The molecule has 0 saturated heterocycles. The quantitative estimate of drug-likeness (QED) is 0.653. The molecule has 0 aliphatic heterocycles. The maximum Gasteiger partial charge on any atom is 0.0531 e. The summed E-state index contributed by atoms with van der Waals surface area (Å²) in [5.41, 5.74) is 4.04. The molecule has 0 atom stereocenters. The third kappa shape index (κ3) is 1.09. The molecule has 15 heavy (non-hydrogen) atoms. The number of allylic oxidation sites excluding steroid dienone is 1. The van der Waals surface area contributed by atoms with Crippen molar-refractivity contribution in [1.82, 2.24) is 4.57 Å². The van der Waals surface area contributed by atoms with Crippen LogP contribution in [0.15, 0.2) is 36.9 Å². The van der Waals surface area contributed by atoms with Crippen LogP contribution in [0.25, 0.3) is 23.2 Å². The molecule has 1 aliphatic rings. The third-order valence-electron chi connectivity index (χ3n) is 3.07. The van der Waals surface area contributed by atoms with E-state index in [-0.39, 0.29) is 0 Å². The van der Waals surface area contributed by atoms with Gasteiger partial charge in [-0.3, -0.25) is 0 Å². The Balaban J connectivity index is 2.49. The molecule has 1 aliphatic carbocycles. The van der Waals surface area contributed by atoms with Crippen molar-refractivity contribution in [1.29, 1.82) is 0 Å². The highest BCUT2D eigenvalue weighted by Crippen LogP contribution is 2.31. The number of nitrogens with zero attached hydrogens (tertiary/aromatic N) is 1. The second kappa shape index (κ2) is 3.13. The first kappa shape index (κ1) is 8.54. The van der Waals surface area contributed by atoms with Gasteiger partial charge in [0.05, 0.1) is 5.52 Å². The first-order chi connectivity index (χ1) is 7.42. The van der Waals surface area contributed by atoms with Crippen LogP contribution < -0.4 is 0 Å². The van der Waals surface area contributed by atoms with Crippen molar-refractivity contribution in [2.75, 3.05) is 0 Å². The van der Waals surface area contributed by atoms with Gasteiger partial charge in [-0.1, -0.05) is 36.9 Å². The highest BCUT2D eigenvalue weighted by Gasteiger charge is 2.14. The van der Waals surface area contributed by atoms with Gasteiger partial charge in [0.15, 0.2) is 0 Å². The van der Waals surface area contributed by atoms with Gasteiger partial charge >= 0.3 is 0 Å². The van der Waals surface area contributed by atoms with E-state index in [1.165, 1.54) is 22.2 Å². The van der Waals surface area contributed by atoms with Crippen LogP contribution in [0.2, 0.25) is 0 Å². The summed E-state index contributed by atoms with van der Waals surface area (Å²) < 4.78 is 2.22. The Kier molecular flexibility index (Phi) is 1.78. The fourth-order valence-electron chi connectivity index (χ4n) is 2.41. The van der Waals surface area contributed by atoms with Crippen molar-refractivity contribution in [3.63, 3.8) is 0 Å². The van der Waals surface area contributed by atoms with Crippen LogP contribution in [-0.4, -0.2) is 4.57 Å². The molecule has 0 fully saturated rings. The summed E-state index contributed by atoms with van der Waals surface area (Å²) in [6, 6.07) is 8.52. The Hall–Kier alpha value is -1.76. The average Bonchev–Trinajstić information content (AvgIpc) is 2.63. The van der Waals surface area contributed by atoms with Gasteiger partial charge in [-0.2, -0.15) is 0 Å². The zero-order valence-electron chi connectivity index (χ0n) is 8.61. The second-order valence-corrected chi connectivity index (χ2v) is 3.87. The molecule has 1 heteroatoms. The lowest BCUT2D eigenvalue weighted by molar-refractivity contribution is 0.911. The van der Waals surface area contributed by atoms with Gasteiger partial charge in [-0.15, -0.1) is 0 Å². The highest BCUT2D eigenvalue weighted by atomic mass is 15.0. The first-order valence-corrected chi connectivity index (χ1v) is 5.32. The Morgan fingerprint density at radius 2 is 2.13 bits per heavy atom. The van der Waals surface area contributed by atoms with E-state index in [2.05, 4.69) is 47.6 Å². The molecule has 1 heterocycles. The van der Waals surface area contributed by atoms with Gasteiger partial charge in [0.1, 0.15) is 0 Å². The summed E-state index contributed by atoms with van der Waals surface area (Å²) in [6.45, 7) is 3.90. The molecule has 74 valence electrons. The summed E-state index contributed by atoms with van der Waals surface area (Å²) in [7, 11) is 0. The number of rotatable bonds is 1. The molecule has 1 aromatic heterocycles. The molecular formula is C14H13N. The lowest BCUT2D eigenvalue weighted by Gasteiger charge is -2.08. The lowest BCUT2D eigenvalue weighted by atomic mass is 10.0. The minimum absolute atomic E-state index is 1.12. The van der Waals surface area contributed by atoms with E-state index in [4.69, 9.17) is 0 Å². The van der Waals surface area contributed by atoms with Crippen molar-refractivity contribution in [2.24, 2.45) is 0 Å². The number of hydrogen-bond acceptors (Lipinski definition) is 0. The van der Waals surface area contributed by atoms with Crippen molar-refractivity contribution in [3.8, 4) is 0 Å². The van der Waals surface area contributed by atoms with Crippen LogP contribution in [-0.2, 0) is 6.42 Å². The predicted molar refractivity (Wildman–Crippen MR) is 65.7 cm³/mol. The summed E-state index contributed by atoms with van der Waals surface area (Å²) >= 11 is 0. The Morgan fingerprint density at radius 1 is 1.27 bits per heavy atom. The normalized spacial score (nSPS) is 14.1. The minimum atomic E-state index is 1.12. The topological polar surface area (TPSA) is 4.93 Å². The van der Waals surface area contributed by atoms with Crippen LogP contribution in [0.1, 0.15) is 17.7 Å². The molecule has 1 aromatic carbocycles. The number of fused-ring (bicyclic) bond motifs is 3. The van der Waals surface area contributed by atoms with Crippen LogP contribution >= 0.6 is 0 Å². The molecule has 0 spiro atoms. The monoisotopic (exact) mass is 195 g/mol. The number of hydrogen-bond donors (Lipinski definition) is 0. The van der Waals surface area contributed by atoms with E-state index in [0.29, 0.717) is 0 Å². The number of aromatic nitrogens is 1. The van der Waals surface area contributed by atoms with Gasteiger partial charge in [0.25, 0.3) is 0 Å². The Morgan fingerprint density at radius 3 is 3.00 bits per heavy atom. The van der Waals surface area contributed by atoms with Crippen molar-refractivity contribution in [2.45, 2.75) is 12.8 Å². The first-order valence-electron chi connectivity index (χ1n) is 5.32. The maximum atomic E-state index is 3.90. The predicted octanol–water partition coefficient (Wildman–Crippen LogP) is 3.70. The molecule has 0 unspecified atom stereocenters. The second-order valence-electron chi connectivity index (χ2n) is 3.87. The van der Waals surface area contributed by atoms with Crippen molar-refractivity contribution < 1.29 is 0 Å². The van der Waals surface area contributed by atoms with Crippen molar-refractivity contribution in [3.05, 3.63) is 48.2 Å². The molecule has 0 radical (unpaired) electrons. The number of benzene rings is 1. The fraction of sp³-hybridized carbons (Fsp3) is 0.143. The van der Waals surface area contributed by atoms with Crippen LogP contribution in [0.5, 0.6) is 0 Å². The van der Waals surface area contributed by atoms with E-state index in [1.54, 1.807) is 0 Å². The Labute approximate surface area is 89.3 Å². The van der Waals surface area contributed by atoms with Crippen LogP contribution in [0.3, 0.4) is 0 Å². The zero-order chi connectivity index (χ0) is 10.3. The van der Waals surface area contributed by atoms with E-state index in [9.17, 15) is 0 Å². The summed E-state index contributed by atoms with van der Waals surface area (Å²) in [5, 5.41) is 1.34. The molecule has 0 amide bonds. The van der Waals surface area contributed by atoms with E-state index in [0.717, 1.165) is 12.8 Å². The van der Waals surface area contributed by atoms with Gasteiger partial charge in [0.2, 0.25) is 0 Å². The van der Waals surface area contributed by atoms with E-state index in [1.807, 2.05) is 6.20 Å². The molecule has 0 N–H and O–H groups in total. The molecule has 0 saturated carbocycles. The highest BCUT2D eigenvalue weighted by molar-refractivity contribution is 5.93. The van der Waals surface area contributed by atoms with Gasteiger partial charge in [-0.05, 0) is 18.9 Å². The summed E-state index contributed by atoms with van der Waals surface area (Å²) in [4.78, 5) is 0. The van der Waals surface area contributed by atoms with Crippen LogP contribution in [0.4, 0.5) is 0 Å². The molecule has 0 bridgehead atoms. The maximum absolute atomic E-state index is 3.90. The molecular weight excluding hydrogens is 182 g/mol. The third-order valence-corrected chi connectivity index (χ3v) is 3.07. The zero-order valence-corrected chi connectivity index (χ0v) is 8.61. The standard InChI is InChI=1S/C14H13N/c1-2-15-13-9-5-3-7-11(13)12-8-4-6-10-14(12)15/h2-5,7-9H,1,6,10H2. The molecule has 3 rings (SSSR count). The fourth-order valence-corrected chi connectivity index (χ4v) is 2.41. The Bertz CT molecular complexity index is 558. The van der Waals surface area contributed by atoms with Crippen LogP contribution in [0, 0.1) is 0 Å². The summed E-state index contributed by atoms with van der Waals surface area (Å²) in [6.07, 6.45) is 8.66. The van der Waals surface area contributed by atoms with Gasteiger partial charge in [0, 0.05) is 22.8 Å². The van der Waals surface area contributed by atoms with Gasteiger partial charge in [-0.25, -0.2) is 0 Å².